The molecule has 2 fully saturated rings. The van der Waals surface area contributed by atoms with Crippen molar-refractivity contribution in [2.24, 2.45) is 0 Å². The molecule has 0 aliphatic carbocycles. The molecule has 0 amide bonds. The molecule has 3 heterocycles. The first-order valence-electron chi connectivity index (χ1n) is 10.4. The van der Waals surface area contributed by atoms with Crippen LogP contribution in [0.5, 0.6) is 0 Å². The Bertz CT molecular complexity index is 671. The Morgan fingerprint density at radius 2 is 1.81 bits per heavy atom. The molecule has 2 aromatic rings. The van der Waals surface area contributed by atoms with E-state index in [1.165, 1.54) is 24.0 Å². The van der Waals surface area contributed by atoms with Gasteiger partial charge in [0.25, 0.3) is 0 Å². The first-order valence-corrected chi connectivity index (χ1v) is 10.4. The highest BCUT2D eigenvalue weighted by Crippen LogP contribution is 2.27. The van der Waals surface area contributed by atoms with Gasteiger partial charge in [-0.3, -0.25) is 9.88 Å². The van der Waals surface area contributed by atoms with Crippen LogP contribution >= 0.6 is 0 Å². The lowest BCUT2D eigenvalue weighted by Crippen LogP contribution is -2.43. The van der Waals surface area contributed by atoms with Crippen LogP contribution in [0.15, 0.2) is 54.9 Å². The molecule has 1 unspecified atom stereocenters. The molecule has 2 aliphatic rings. The minimum atomic E-state index is 0.325. The summed E-state index contributed by atoms with van der Waals surface area (Å²) in [7, 11) is 0. The summed E-state index contributed by atoms with van der Waals surface area (Å²) in [4.78, 5) is 9.45. The molecule has 0 N–H and O–H groups in total. The third-order valence-corrected chi connectivity index (χ3v) is 5.89. The van der Waals surface area contributed by atoms with E-state index in [1.807, 2.05) is 12.4 Å². The van der Waals surface area contributed by atoms with Gasteiger partial charge in [-0.2, -0.15) is 0 Å². The molecule has 144 valence electrons. The first-order chi connectivity index (χ1) is 13.4. The molecule has 0 spiro atoms. The van der Waals surface area contributed by atoms with E-state index in [9.17, 15) is 0 Å². The maximum absolute atomic E-state index is 6.19. The van der Waals surface area contributed by atoms with Crippen molar-refractivity contribution in [3.05, 3.63) is 66.0 Å². The van der Waals surface area contributed by atoms with Gasteiger partial charge in [-0.05, 0) is 55.5 Å². The summed E-state index contributed by atoms with van der Waals surface area (Å²) in [6, 6.07) is 15.1. The zero-order valence-corrected chi connectivity index (χ0v) is 16.2. The van der Waals surface area contributed by atoms with Crippen LogP contribution in [0, 0.1) is 0 Å². The molecule has 4 rings (SSSR count). The Morgan fingerprint density at radius 3 is 2.59 bits per heavy atom. The number of nitrogens with zero attached hydrogens (tertiary/aromatic N) is 3. The van der Waals surface area contributed by atoms with Gasteiger partial charge in [0, 0.05) is 45.2 Å². The van der Waals surface area contributed by atoms with Crippen LogP contribution in [0.3, 0.4) is 0 Å². The predicted molar refractivity (Wildman–Crippen MR) is 109 cm³/mol. The Balaban J connectivity index is 1.27. The summed E-state index contributed by atoms with van der Waals surface area (Å²) in [5.74, 6) is 0.666. The zero-order valence-electron chi connectivity index (χ0n) is 16.2. The fraction of sp³-hybridized carbons (Fsp3) is 0.522. The van der Waals surface area contributed by atoms with E-state index in [0.29, 0.717) is 12.0 Å². The highest BCUT2D eigenvalue weighted by atomic mass is 16.5. The summed E-state index contributed by atoms with van der Waals surface area (Å²) < 4.78 is 6.19. The van der Waals surface area contributed by atoms with Crippen molar-refractivity contribution in [2.45, 2.75) is 37.8 Å². The van der Waals surface area contributed by atoms with Crippen LogP contribution < -0.4 is 0 Å². The molecule has 1 aromatic carbocycles. The average molecular weight is 366 g/mol. The maximum Gasteiger partial charge on any atom is 0.0828 e. The van der Waals surface area contributed by atoms with Crippen LogP contribution in [-0.4, -0.2) is 60.2 Å². The van der Waals surface area contributed by atoms with E-state index >= 15 is 0 Å². The van der Waals surface area contributed by atoms with E-state index < -0.39 is 0 Å². The maximum atomic E-state index is 6.19. The minimum absolute atomic E-state index is 0.325. The van der Waals surface area contributed by atoms with Gasteiger partial charge in [0.05, 0.1) is 6.10 Å². The van der Waals surface area contributed by atoms with Gasteiger partial charge in [-0.25, -0.2) is 0 Å². The molecule has 27 heavy (non-hydrogen) atoms. The second-order valence-corrected chi connectivity index (χ2v) is 7.93. The van der Waals surface area contributed by atoms with Crippen LogP contribution in [0.1, 0.15) is 36.3 Å². The van der Waals surface area contributed by atoms with Gasteiger partial charge < -0.3 is 9.64 Å². The van der Waals surface area contributed by atoms with Crippen molar-refractivity contribution in [2.75, 3.05) is 39.3 Å². The Morgan fingerprint density at radius 1 is 0.963 bits per heavy atom. The quantitative estimate of drug-likeness (QED) is 0.810. The van der Waals surface area contributed by atoms with Gasteiger partial charge >= 0.3 is 0 Å². The number of benzene rings is 1. The van der Waals surface area contributed by atoms with Crippen molar-refractivity contribution < 1.29 is 4.74 Å². The van der Waals surface area contributed by atoms with E-state index in [-0.39, 0.29) is 0 Å². The summed E-state index contributed by atoms with van der Waals surface area (Å²) in [6.07, 6.45) is 7.82. The lowest BCUT2D eigenvalue weighted by Gasteiger charge is -2.35. The Labute approximate surface area is 163 Å². The second-order valence-electron chi connectivity index (χ2n) is 7.93. The van der Waals surface area contributed by atoms with Crippen molar-refractivity contribution >= 4 is 0 Å². The summed E-state index contributed by atoms with van der Waals surface area (Å²) in [6.45, 7) is 7.49. The second kappa shape index (κ2) is 9.45. The lowest BCUT2D eigenvalue weighted by molar-refractivity contribution is 0.0203. The highest BCUT2D eigenvalue weighted by Gasteiger charge is 2.25. The van der Waals surface area contributed by atoms with E-state index in [4.69, 9.17) is 4.74 Å². The van der Waals surface area contributed by atoms with Gasteiger partial charge in [0.2, 0.25) is 0 Å². The number of ether oxygens (including phenoxy) is 1. The summed E-state index contributed by atoms with van der Waals surface area (Å²) in [5, 5.41) is 0. The van der Waals surface area contributed by atoms with Crippen LogP contribution in [0.2, 0.25) is 0 Å². The third-order valence-electron chi connectivity index (χ3n) is 5.89. The normalized spacial score (nSPS) is 23.2. The molecule has 1 aromatic heterocycles. The number of likely N-dealkylation sites (tertiary alicyclic amines) is 1. The van der Waals surface area contributed by atoms with Crippen molar-refractivity contribution in [3.8, 4) is 0 Å². The molecule has 0 saturated carbocycles. The largest absolute Gasteiger partial charge is 0.376 e. The molecule has 0 bridgehead atoms. The Hall–Kier alpha value is -1.75. The number of hydrogen-bond acceptors (Lipinski definition) is 4. The molecule has 2 aliphatic heterocycles. The predicted octanol–water partition coefficient (Wildman–Crippen LogP) is 3.55. The zero-order chi connectivity index (χ0) is 18.3. The molecule has 4 heteroatoms. The van der Waals surface area contributed by atoms with Crippen LogP contribution in [0.25, 0.3) is 0 Å². The van der Waals surface area contributed by atoms with Crippen molar-refractivity contribution in [3.63, 3.8) is 0 Å². The topological polar surface area (TPSA) is 28.6 Å². The van der Waals surface area contributed by atoms with Crippen LogP contribution in [-0.2, 0) is 11.3 Å². The fourth-order valence-electron chi connectivity index (χ4n) is 4.42. The summed E-state index contributed by atoms with van der Waals surface area (Å²) >= 11 is 0. The Kier molecular flexibility index (Phi) is 6.51. The fourth-order valence-corrected chi connectivity index (χ4v) is 4.42. The number of aromatic nitrogens is 1. The standard InChI is InChI=1S/C23H31N3O/c1-2-6-20(7-3-1)17-26-12-5-15-27-23(19-26)18-25-13-9-21(10-14-25)22-8-4-11-24-16-22/h1-4,6-8,11,16,21,23H,5,9-10,12-15,17-19H2. The van der Waals surface area contributed by atoms with Crippen molar-refractivity contribution in [1.29, 1.82) is 0 Å². The smallest absolute Gasteiger partial charge is 0.0828 e. The highest BCUT2D eigenvalue weighted by molar-refractivity contribution is 5.16. The molecule has 0 radical (unpaired) electrons. The van der Waals surface area contributed by atoms with Crippen LogP contribution in [0.4, 0.5) is 0 Å². The van der Waals surface area contributed by atoms with Gasteiger partial charge in [0.15, 0.2) is 0 Å². The monoisotopic (exact) mass is 365 g/mol. The minimum Gasteiger partial charge on any atom is -0.376 e. The first kappa shape index (κ1) is 18.6. The molecular formula is C23H31N3O. The van der Waals surface area contributed by atoms with Gasteiger partial charge in [0.1, 0.15) is 0 Å². The molecular weight excluding hydrogens is 334 g/mol. The van der Waals surface area contributed by atoms with Crippen molar-refractivity contribution in [1.82, 2.24) is 14.8 Å². The van der Waals surface area contributed by atoms with E-state index in [0.717, 1.165) is 52.3 Å². The van der Waals surface area contributed by atoms with E-state index in [2.05, 4.69) is 57.2 Å². The molecule has 1 atom stereocenters. The molecule has 4 nitrogen and oxygen atoms in total. The number of hydrogen-bond donors (Lipinski definition) is 0. The number of rotatable bonds is 5. The van der Waals surface area contributed by atoms with Gasteiger partial charge in [-0.1, -0.05) is 36.4 Å². The number of pyridine rings is 1. The lowest BCUT2D eigenvalue weighted by atomic mass is 9.90. The summed E-state index contributed by atoms with van der Waals surface area (Å²) in [5.41, 5.74) is 2.80. The average Bonchev–Trinajstić information content (AvgIpc) is 2.95. The number of piperidine rings is 1. The molecule has 2 saturated heterocycles. The third kappa shape index (κ3) is 5.38. The SMILES string of the molecule is c1ccc(CN2CCCOC(CN3CCC(c4cccnc4)CC3)C2)cc1. The van der Waals surface area contributed by atoms with E-state index in [1.54, 1.807) is 0 Å². The van der Waals surface area contributed by atoms with Gasteiger partial charge in [-0.15, -0.1) is 0 Å².